The van der Waals surface area contributed by atoms with Gasteiger partial charge in [-0.3, -0.25) is 14.1 Å². The molecule has 0 aliphatic rings. The molecule has 0 unspecified atom stereocenters. The van der Waals surface area contributed by atoms with E-state index in [1.165, 1.54) is 12.5 Å². The molecule has 0 atom stereocenters. The van der Waals surface area contributed by atoms with Crippen LogP contribution in [0.15, 0.2) is 88.6 Å². The monoisotopic (exact) mass is 610 g/mol. The van der Waals surface area contributed by atoms with E-state index in [-0.39, 0.29) is 12.2 Å². The van der Waals surface area contributed by atoms with Crippen LogP contribution in [0.4, 0.5) is 4.79 Å². The van der Waals surface area contributed by atoms with Crippen LogP contribution in [0, 0.1) is 0 Å². The van der Waals surface area contributed by atoms with Crippen molar-refractivity contribution in [3.05, 3.63) is 107 Å². The van der Waals surface area contributed by atoms with Crippen molar-refractivity contribution in [1.29, 1.82) is 0 Å². The van der Waals surface area contributed by atoms with Gasteiger partial charge in [0, 0.05) is 5.56 Å². The Morgan fingerprint density at radius 2 is 1.78 bits per heavy atom. The summed E-state index contributed by atoms with van der Waals surface area (Å²) >= 11 is 0. The third kappa shape index (κ3) is 6.44. The number of carbonyl (C=O) groups is 2. The van der Waals surface area contributed by atoms with Gasteiger partial charge in [-0.25, -0.2) is 19.4 Å². The van der Waals surface area contributed by atoms with Crippen molar-refractivity contribution in [2.45, 2.75) is 20.1 Å². The van der Waals surface area contributed by atoms with E-state index < -0.39 is 24.7 Å². The van der Waals surface area contributed by atoms with Gasteiger partial charge in [-0.15, -0.1) is 0 Å². The Balaban J connectivity index is 1.21. The fourth-order valence-corrected chi connectivity index (χ4v) is 4.73. The summed E-state index contributed by atoms with van der Waals surface area (Å²) in [7, 11) is 0. The van der Waals surface area contributed by atoms with Crippen LogP contribution in [0.2, 0.25) is 0 Å². The standard InChI is InChI=1S/C31H26N6O8/c1-2-41-29-34-25-9-5-8-24(28(38)43-18-44-31(40)42-16-21-14-32-17-33-21)26(25)37(29)15-19-10-12-20(13-11-19)22-6-3-4-7-23(22)27-35-30(39)45-36-27/h3-14,17H,2,15-16,18H2,1H3,(H,32,33)(H,35,36,39). The number of benzene rings is 3. The van der Waals surface area contributed by atoms with Crippen LogP contribution in [0.1, 0.15) is 28.5 Å². The van der Waals surface area contributed by atoms with E-state index in [0.29, 0.717) is 47.3 Å². The number of H-pyrrole nitrogens is 2. The maximum Gasteiger partial charge on any atom is 0.511 e. The molecule has 2 N–H and O–H groups in total. The van der Waals surface area contributed by atoms with Gasteiger partial charge in [0.15, 0.2) is 5.82 Å². The molecule has 14 heteroatoms. The number of nitrogens with one attached hydrogen (secondary N) is 2. The first-order chi connectivity index (χ1) is 22.0. The van der Waals surface area contributed by atoms with E-state index in [1.807, 2.05) is 55.5 Å². The Labute approximate surface area is 254 Å². The second-order valence-electron chi connectivity index (χ2n) is 9.58. The number of hydrogen-bond acceptors (Lipinski definition) is 11. The second kappa shape index (κ2) is 13.0. The molecule has 45 heavy (non-hydrogen) atoms. The Morgan fingerprint density at radius 1 is 0.956 bits per heavy atom. The van der Waals surface area contributed by atoms with Crippen molar-refractivity contribution in [2.75, 3.05) is 13.4 Å². The number of ether oxygens (including phenoxy) is 4. The summed E-state index contributed by atoms with van der Waals surface area (Å²) in [5, 5.41) is 3.82. The maximum absolute atomic E-state index is 13.1. The van der Waals surface area contributed by atoms with E-state index >= 15 is 0 Å². The predicted molar refractivity (Wildman–Crippen MR) is 158 cm³/mol. The lowest BCUT2D eigenvalue weighted by Gasteiger charge is -2.13. The molecule has 228 valence electrons. The first-order valence-corrected chi connectivity index (χ1v) is 13.8. The fourth-order valence-electron chi connectivity index (χ4n) is 4.73. The largest absolute Gasteiger partial charge is 0.511 e. The number of nitrogens with zero attached hydrogens (tertiary/aromatic N) is 4. The molecule has 3 aromatic heterocycles. The molecular formula is C31H26N6O8. The van der Waals surface area contributed by atoms with E-state index in [1.54, 1.807) is 22.8 Å². The Hall–Kier alpha value is -6.18. The first kappa shape index (κ1) is 28.9. The minimum atomic E-state index is -1.00. The van der Waals surface area contributed by atoms with Crippen LogP contribution in [0.5, 0.6) is 6.01 Å². The molecule has 0 aliphatic carbocycles. The highest BCUT2D eigenvalue weighted by molar-refractivity contribution is 6.02. The number of imidazole rings is 2. The normalized spacial score (nSPS) is 11.0. The van der Waals surface area contributed by atoms with E-state index in [9.17, 15) is 14.4 Å². The van der Waals surface area contributed by atoms with Gasteiger partial charge >= 0.3 is 17.9 Å². The van der Waals surface area contributed by atoms with Crippen LogP contribution in [-0.4, -0.2) is 55.2 Å². The summed E-state index contributed by atoms with van der Waals surface area (Å²) < 4.78 is 27.4. The lowest BCUT2D eigenvalue weighted by atomic mass is 9.98. The topological polar surface area (TPSA) is 176 Å². The molecule has 3 aromatic carbocycles. The number of para-hydroxylation sites is 1. The zero-order chi connectivity index (χ0) is 31.2. The summed E-state index contributed by atoms with van der Waals surface area (Å²) in [5.41, 5.74) is 5.19. The van der Waals surface area contributed by atoms with Gasteiger partial charge in [0.1, 0.15) is 6.61 Å². The molecular weight excluding hydrogens is 584 g/mol. The quantitative estimate of drug-likeness (QED) is 0.154. The van der Waals surface area contributed by atoms with Gasteiger partial charge in [0.2, 0.25) is 6.79 Å². The third-order valence-corrected chi connectivity index (χ3v) is 6.72. The molecule has 0 spiro atoms. The number of esters is 1. The summed E-state index contributed by atoms with van der Waals surface area (Å²) in [5.74, 6) is -1.02. The smallest absolute Gasteiger partial charge is 0.465 e. The Morgan fingerprint density at radius 3 is 2.51 bits per heavy atom. The number of carbonyl (C=O) groups excluding carboxylic acids is 2. The Kier molecular flexibility index (Phi) is 8.35. The molecule has 6 aromatic rings. The van der Waals surface area contributed by atoms with Crippen LogP contribution >= 0.6 is 0 Å². The van der Waals surface area contributed by atoms with Crippen molar-refractivity contribution in [2.24, 2.45) is 0 Å². The van der Waals surface area contributed by atoms with Gasteiger partial charge < -0.3 is 23.9 Å². The molecule has 3 heterocycles. The van der Waals surface area contributed by atoms with Crippen LogP contribution < -0.4 is 10.5 Å². The number of aromatic amines is 2. The molecule has 0 saturated carbocycles. The molecule has 0 fully saturated rings. The maximum atomic E-state index is 13.1. The van der Waals surface area contributed by atoms with Crippen molar-refractivity contribution in [3.8, 4) is 28.5 Å². The summed E-state index contributed by atoms with van der Waals surface area (Å²) in [6.07, 6.45) is 1.96. The molecule has 0 aliphatic heterocycles. The molecule has 0 bridgehead atoms. The third-order valence-electron chi connectivity index (χ3n) is 6.72. The van der Waals surface area contributed by atoms with E-state index in [0.717, 1.165) is 16.7 Å². The van der Waals surface area contributed by atoms with Gasteiger partial charge in [0.25, 0.3) is 6.01 Å². The average molecular weight is 611 g/mol. The molecule has 6 rings (SSSR count). The zero-order valence-corrected chi connectivity index (χ0v) is 23.9. The Bertz CT molecular complexity index is 1990. The molecule has 0 radical (unpaired) electrons. The van der Waals surface area contributed by atoms with Gasteiger partial charge in [0.05, 0.1) is 48.0 Å². The van der Waals surface area contributed by atoms with Gasteiger partial charge in [-0.1, -0.05) is 59.8 Å². The highest BCUT2D eigenvalue weighted by Crippen LogP contribution is 2.31. The molecule has 0 saturated heterocycles. The van der Waals surface area contributed by atoms with Crippen molar-refractivity contribution < 1.29 is 33.1 Å². The lowest BCUT2D eigenvalue weighted by molar-refractivity contribution is -0.0295. The fraction of sp³-hybridized carbons (Fsp3) is 0.161. The number of rotatable bonds is 11. The predicted octanol–water partition coefficient (Wildman–Crippen LogP) is 4.68. The van der Waals surface area contributed by atoms with Crippen LogP contribution in [0.25, 0.3) is 33.5 Å². The number of aromatic nitrogens is 6. The molecule has 14 nitrogen and oxygen atoms in total. The summed E-state index contributed by atoms with van der Waals surface area (Å²) in [4.78, 5) is 50.3. The van der Waals surface area contributed by atoms with Crippen molar-refractivity contribution in [3.63, 3.8) is 0 Å². The minimum absolute atomic E-state index is 0.0680. The minimum Gasteiger partial charge on any atom is -0.465 e. The lowest BCUT2D eigenvalue weighted by Crippen LogP contribution is -2.15. The summed E-state index contributed by atoms with van der Waals surface area (Å²) in [6, 6.07) is 20.7. The van der Waals surface area contributed by atoms with E-state index in [2.05, 4.69) is 29.6 Å². The summed E-state index contributed by atoms with van der Waals surface area (Å²) in [6.45, 7) is 1.81. The SMILES string of the molecule is CCOc1nc2cccc(C(=O)OCOC(=O)OCc3cnc[nH]3)c2n1Cc1ccc(-c2ccccc2-c2noc(=O)[nH]2)cc1. The van der Waals surface area contributed by atoms with E-state index in [4.69, 9.17) is 18.9 Å². The van der Waals surface area contributed by atoms with Crippen LogP contribution in [-0.2, 0) is 27.4 Å². The van der Waals surface area contributed by atoms with Gasteiger partial charge in [-0.05, 0) is 35.7 Å². The van der Waals surface area contributed by atoms with Gasteiger partial charge in [-0.2, -0.15) is 4.98 Å². The molecule has 0 amide bonds. The zero-order valence-electron chi connectivity index (χ0n) is 23.9. The number of fused-ring (bicyclic) bond motifs is 1. The highest BCUT2D eigenvalue weighted by atomic mass is 16.8. The van der Waals surface area contributed by atoms with Crippen molar-refractivity contribution >= 4 is 23.2 Å². The average Bonchev–Trinajstić information content (AvgIpc) is 3.81. The van der Waals surface area contributed by atoms with Crippen molar-refractivity contribution in [1.82, 2.24) is 29.7 Å². The number of hydrogen-bond donors (Lipinski definition) is 2. The highest BCUT2D eigenvalue weighted by Gasteiger charge is 2.21. The second-order valence-corrected chi connectivity index (χ2v) is 9.58. The first-order valence-electron chi connectivity index (χ1n) is 13.8. The van der Waals surface area contributed by atoms with Crippen LogP contribution in [0.3, 0.4) is 0 Å².